The van der Waals surface area contributed by atoms with Crippen LogP contribution >= 0.6 is 0 Å². The van der Waals surface area contributed by atoms with Gasteiger partial charge in [0, 0.05) is 6.54 Å². The third kappa shape index (κ3) is 1.91. The number of hydrogen-bond acceptors (Lipinski definition) is 2. The van der Waals surface area contributed by atoms with Crippen LogP contribution in [-0.2, 0) is 0 Å². The Morgan fingerprint density at radius 2 is 2.36 bits per heavy atom. The molecule has 0 aliphatic carbocycles. The van der Waals surface area contributed by atoms with E-state index in [-0.39, 0.29) is 0 Å². The fourth-order valence-electron chi connectivity index (χ4n) is 1.60. The first-order valence-electron chi connectivity index (χ1n) is 4.90. The van der Waals surface area contributed by atoms with Crippen molar-refractivity contribution in [3.05, 3.63) is 42.2 Å². The lowest BCUT2D eigenvalue weighted by Crippen LogP contribution is -2.20. The van der Waals surface area contributed by atoms with Gasteiger partial charge in [0.25, 0.3) is 0 Å². The van der Waals surface area contributed by atoms with Gasteiger partial charge >= 0.3 is 0 Å². The predicted molar refractivity (Wildman–Crippen MR) is 59.8 cm³/mol. The Morgan fingerprint density at radius 1 is 1.43 bits per heavy atom. The van der Waals surface area contributed by atoms with E-state index in [1.54, 1.807) is 6.08 Å². The molecule has 0 saturated heterocycles. The van der Waals surface area contributed by atoms with Crippen molar-refractivity contribution in [1.29, 1.82) is 0 Å². The van der Waals surface area contributed by atoms with E-state index in [9.17, 15) is 0 Å². The average Bonchev–Trinajstić information content (AvgIpc) is 2.30. The second-order valence-electron chi connectivity index (χ2n) is 3.34. The van der Waals surface area contributed by atoms with Gasteiger partial charge in [-0.05, 0) is 36.7 Å². The Morgan fingerprint density at radius 3 is 3.07 bits per heavy atom. The summed E-state index contributed by atoms with van der Waals surface area (Å²) in [4.78, 5) is 4.50. The first kappa shape index (κ1) is 9.16. The van der Waals surface area contributed by atoms with Crippen molar-refractivity contribution in [2.24, 2.45) is 0 Å². The quantitative estimate of drug-likeness (QED) is 0.765. The highest BCUT2D eigenvalue weighted by Crippen LogP contribution is 2.17. The number of nitrogens with one attached hydrogen (secondary N) is 1. The zero-order valence-electron chi connectivity index (χ0n) is 8.16. The van der Waals surface area contributed by atoms with Crippen molar-refractivity contribution in [3.63, 3.8) is 0 Å². The Bertz CT molecular complexity index is 366. The SMILES string of the molecule is C=Cc1cccc(C2=CCNCC2)n1. The van der Waals surface area contributed by atoms with Crippen molar-refractivity contribution < 1.29 is 0 Å². The monoisotopic (exact) mass is 186 g/mol. The van der Waals surface area contributed by atoms with E-state index < -0.39 is 0 Å². The first-order chi connectivity index (χ1) is 6.90. The lowest BCUT2D eigenvalue weighted by atomic mass is 10.1. The third-order valence-corrected chi connectivity index (χ3v) is 2.37. The Labute approximate surface area is 84.4 Å². The fourth-order valence-corrected chi connectivity index (χ4v) is 1.60. The molecule has 2 heteroatoms. The van der Waals surface area contributed by atoms with Gasteiger partial charge in [0.1, 0.15) is 0 Å². The molecule has 72 valence electrons. The van der Waals surface area contributed by atoms with Gasteiger partial charge in [0.15, 0.2) is 0 Å². The minimum absolute atomic E-state index is 0.946. The van der Waals surface area contributed by atoms with E-state index in [2.05, 4.69) is 29.0 Å². The molecule has 1 aliphatic rings. The molecule has 1 aliphatic heterocycles. The second kappa shape index (κ2) is 4.20. The van der Waals surface area contributed by atoms with Crippen LogP contribution in [0.15, 0.2) is 30.9 Å². The lowest BCUT2D eigenvalue weighted by molar-refractivity contribution is 0.737. The molecule has 2 heterocycles. The van der Waals surface area contributed by atoms with Crippen LogP contribution in [0.25, 0.3) is 11.6 Å². The molecule has 0 bridgehead atoms. The molecule has 2 nitrogen and oxygen atoms in total. The normalized spacial score (nSPS) is 16.1. The first-order valence-corrected chi connectivity index (χ1v) is 4.90. The Balaban J connectivity index is 2.30. The van der Waals surface area contributed by atoms with Gasteiger partial charge in [-0.3, -0.25) is 0 Å². The van der Waals surface area contributed by atoms with Crippen LogP contribution in [0.5, 0.6) is 0 Å². The number of rotatable bonds is 2. The minimum Gasteiger partial charge on any atom is -0.313 e. The lowest BCUT2D eigenvalue weighted by Gasteiger charge is -2.13. The molecule has 2 rings (SSSR count). The third-order valence-electron chi connectivity index (χ3n) is 2.37. The van der Waals surface area contributed by atoms with Crippen LogP contribution in [0.4, 0.5) is 0 Å². The molecular weight excluding hydrogens is 172 g/mol. The Hall–Kier alpha value is -1.41. The summed E-state index contributed by atoms with van der Waals surface area (Å²) in [6, 6.07) is 6.06. The molecular formula is C12H14N2. The molecule has 0 aromatic carbocycles. The summed E-state index contributed by atoms with van der Waals surface area (Å²) < 4.78 is 0. The largest absolute Gasteiger partial charge is 0.313 e. The zero-order valence-corrected chi connectivity index (χ0v) is 8.16. The molecule has 0 fully saturated rings. The van der Waals surface area contributed by atoms with E-state index in [0.29, 0.717) is 0 Å². The number of nitrogens with zero attached hydrogens (tertiary/aromatic N) is 1. The minimum atomic E-state index is 0.946. The van der Waals surface area contributed by atoms with Crippen molar-refractivity contribution in [3.8, 4) is 0 Å². The number of hydrogen-bond donors (Lipinski definition) is 1. The summed E-state index contributed by atoms with van der Waals surface area (Å²) in [5, 5.41) is 3.29. The molecule has 1 aromatic rings. The number of aromatic nitrogens is 1. The van der Waals surface area contributed by atoms with Crippen LogP contribution in [0, 0.1) is 0 Å². The molecule has 1 N–H and O–H groups in total. The highest BCUT2D eigenvalue weighted by molar-refractivity contribution is 5.64. The van der Waals surface area contributed by atoms with Gasteiger partial charge < -0.3 is 5.32 Å². The molecule has 0 radical (unpaired) electrons. The molecule has 0 spiro atoms. The highest BCUT2D eigenvalue weighted by atomic mass is 14.9. The van der Waals surface area contributed by atoms with Crippen LogP contribution in [-0.4, -0.2) is 18.1 Å². The summed E-state index contributed by atoms with van der Waals surface area (Å²) in [5.74, 6) is 0. The van der Waals surface area contributed by atoms with Gasteiger partial charge in [0.2, 0.25) is 0 Å². The maximum Gasteiger partial charge on any atom is 0.0666 e. The van der Waals surface area contributed by atoms with Crippen molar-refractivity contribution in [2.45, 2.75) is 6.42 Å². The second-order valence-corrected chi connectivity index (χ2v) is 3.34. The van der Waals surface area contributed by atoms with Crippen molar-refractivity contribution in [1.82, 2.24) is 10.3 Å². The summed E-state index contributed by atoms with van der Waals surface area (Å²) in [6.07, 6.45) is 5.05. The molecule has 0 unspecified atom stereocenters. The van der Waals surface area contributed by atoms with Gasteiger partial charge in [-0.25, -0.2) is 4.98 Å². The van der Waals surface area contributed by atoms with Gasteiger partial charge in [-0.2, -0.15) is 0 Å². The van der Waals surface area contributed by atoms with Gasteiger partial charge in [-0.15, -0.1) is 0 Å². The van der Waals surface area contributed by atoms with Gasteiger partial charge in [-0.1, -0.05) is 18.7 Å². The van der Waals surface area contributed by atoms with Crippen molar-refractivity contribution in [2.75, 3.05) is 13.1 Å². The van der Waals surface area contributed by atoms with Crippen LogP contribution in [0.3, 0.4) is 0 Å². The summed E-state index contributed by atoms with van der Waals surface area (Å²) in [5.41, 5.74) is 3.37. The van der Waals surface area contributed by atoms with E-state index in [1.807, 2.05) is 12.1 Å². The highest BCUT2D eigenvalue weighted by Gasteiger charge is 2.06. The van der Waals surface area contributed by atoms with Crippen LogP contribution in [0.1, 0.15) is 17.8 Å². The predicted octanol–water partition coefficient (Wildman–Crippen LogP) is 2.10. The van der Waals surface area contributed by atoms with E-state index in [1.165, 1.54) is 5.57 Å². The summed E-state index contributed by atoms with van der Waals surface area (Å²) in [6.45, 7) is 5.72. The van der Waals surface area contributed by atoms with E-state index in [0.717, 1.165) is 30.9 Å². The molecule has 0 amide bonds. The average molecular weight is 186 g/mol. The molecule has 14 heavy (non-hydrogen) atoms. The number of pyridine rings is 1. The maximum atomic E-state index is 4.50. The molecule has 0 saturated carbocycles. The summed E-state index contributed by atoms with van der Waals surface area (Å²) in [7, 11) is 0. The smallest absolute Gasteiger partial charge is 0.0666 e. The standard InChI is InChI=1S/C12H14N2/c1-2-11-4-3-5-12(14-11)10-6-8-13-9-7-10/h2-6,13H,1,7-9H2. The maximum absolute atomic E-state index is 4.50. The topological polar surface area (TPSA) is 24.9 Å². The van der Waals surface area contributed by atoms with Gasteiger partial charge in [0.05, 0.1) is 11.4 Å². The molecule has 0 atom stereocenters. The fraction of sp³-hybridized carbons (Fsp3) is 0.250. The van der Waals surface area contributed by atoms with E-state index in [4.69, 9.17) is 0 Å². The summed E-state index contributed by atoms with van der Waals surface area (Å²) >= 11 is 0. The molecule has 1 aromatic heterocycles. The van der Waals surface area contributed by atoms with E-state index >= 15 is 0 Å². The van der Waals surface area contributed by atoms with Crippen LogP contribution in [0.2, 0.25) is 0 Å². The Kier molecular flexibility index (Phi) is 2.75. The van der Waals surface area contributed by atoms with Crippen LogP contribution < -0.4 is 5.32 Å². The van der Waals surface area contributed by atoms with Crippen molar-refractivity contribution >= 4 is 11.6 Å². The zero-order chi connectivity index (χ0) is 9.80.